The molecule has 0 unspecified atom stereocenters. The molecule has 0 spiro atoms. The van der Waals surface area contributed by atoms with Gasteiger partial charge < -0.3 is 20.4 Å². The predicted molar refractivity (Wildman–Crippen MR) is 168 cm³/mol. The fourth-order valence-electron chi connectivity index (χ4n) is 5.62. The fraction of sp³-hybridized carbons (Fsp3) is 0.0526. The SMILES string of the molecule is CC(c1ccc(-c2ccccc2)cc1)(c1cc(-c2ccc(O)cc2)ccc1O)c1cc(-c2ccc(O)cc2)ccc1O. The van der Waals surface area contributed by atoms with Gasteiger partial charge in [0, 0.05) is 16.5 Å². The predicted octanol–water partition coefficient (Wildman–Crippen LogP) is 8.86. The number of rotatable bonds is 6. The van der Waals surface area contributed by atoms with Crippen molar-refractivity contribution in [1.82, 2.24) is 0 Å². The second-order valence-electron chi connectivity index (χ2n) is 10.6. The zero-order valence-corrected chi connectivity index (χ0v) is 23.1. The lowest BCUT2D eigenvalue weighted by molar-refractivity contribution is 0.442. The fourth-order valence-corrected chi connectivity index (χ4v) is 5.62. The standard InChI is InChI=1S/C38H30O4/c1-38(31-15-7-26(8-16-31)25-5-3-2-4-6-25,34-23-29(13-21-36(34)41)27-9-17-32(39)18-10-27)35-24-30(14-22-37(35)42)28-11-19-33(40)20-12-28/h2-24,39-42H,1H3. The monoisotopic (exact) mass is 550 g/mol. The maximum atomic E-state index is 11.4. The van der Waals surface area contributed by atoms with Crippen LogP contribution in [0.5, 0.6) is 23.0 Å². The quantitative estimate of drug-likeness (QED) is 0.156. The molecule has 0 aromatic heterocycles. The summed E-state index contributed by atoms with van der Waals surface area (Å²) >= 11 is 0. The zero-order valence-electron chi connectivity index (χ0n) is 23.1. The normalized spacial score (nSPS) is 11.4. The van der Waals surface area contributed by atoms with Crippen LogP contribution >= 0.6 is 0 Å². The van der Waals surface area contributed by atoms with Crippen molar-refractivity contribution in [1.29, 1.82) is 0 Å². The summed E-state index contributed by atoms with van der Waals surface area (Å²) in [4.78, 5) is 0. The van der Waals surface area contributed by atoms with Crippen LogP contribution in [-0.4, -0.2) is 20.4 Å². The Bertz CT molecular complexity index is 1750. The summed E-state index contributed by atoms with van der Waals surface area (Å²) in [5.74, 6) is 0.553. The van der Waals surface area contributed by atoms with Gasteiger partial charge in [0.1, 0.15) is 23.0 Å². The van der Waals surface area contributed by atoms with E-state index in [-0.39, 0.29) is 23.0 Å². The van der Waals surface area contributed by atoms with Gasteiger partial charge in [-0.15, -0.1) is 0 Å². The van der Waals surface area contributed by atoms with E-state index in [1.807, 2.05) is 85.8 Å². The molecule has 0 heterocycles. The van der Waals surface area contributed by atoms with Gasteiger partial charge in [-0.2, -0.15) is 0 Å². The molecule has 6 aromatic carbocycles. The van der Waals surface area contributed by atoms with E-state index in [4.69, 9.17) is 0 Å². The van der Waals surface area contributed by atoms with E-state index >= 15 is 0 Å². The molecule has 0 amide bonds. The van der Waals surface area contributed by atoms with Crippen molar-refractivity contribution in [3.8, 4) is 56.4 Å². The third-order valence-corrected chi connectivity index (χ3v) is 8.04. The Kier molecular flexibility index (Phi) is 6.89. The summed E-state index contributed by atoms with van der Waals surface area (Å²) in [5.41, 5.74) is 6.83. The highest BCUT2D eigenvalue weighted by Crippen LogP contribution is 2.48. The average molecular weight is 551 g/mol. The smallest absolute Gasteiger partial charge is 0.120 e. The molecule has 6 aromatic rings. The van der Waals surface area contributed by atoms with Crippen molar-refractivity contribution in [2.45, 2.75) is 12.3 Å². The molecule has 4 nitrogen and oxygen atoms in total. The molecular weight excluding hydrogens is 520 g/mol. The van der Waals surface area contributed by atoms with Crippen LogP contribution in [0.3, 0.4) is 0 Å². The first kappa shape index (κ1) is 26.7. The molecule has 4 N–H and O–H groups in total. The number of aromatic hydroxyl groups is 4. The summed E-state index contributed by atoms with van der Waals surface area (Å²) in [6.07, 6.45) is 0. The molecule has 0 saturated carbocycles. The van der Waals surface area contributed by atoms with Gasteiger partial charge in [-0.1, -0.05) is 91.0 Å². The summed E-state index contributed by atoms with van der Waals surface area (Å²) in [5, 5.41) is 42.4. The van der Waals surface area contributed by atoms with E-state index in [1.54, 1.807) is 36.4 Å². The second kappa shape index (κ2) is 10.8. The minimum Gasteiger partial charge on any atom is -0.508 e. The molecule has 4 heteroatoms. The van der Waals surface area contributed by atoms with Crippen molar-refractivity contribution in [3.63, 3.8) is 0 Å². The van der Waals surface area contributed by atoms with Crippen LogP contribution in [0, 0.1) is 0 Å². The van der Waals surface area contributed by atoms with Crippen LogP contribution < -0.4 is 0 Å². The Morgan fingerprint density at radius 2 is 0.738 bits per heavy atom. The van der Waals surface area contributed by atoms with Gasteiger partial charge in [-0.05, 0) is 94.4 Å². The van der Waals surface area contributed by atoms with E-state index in [1.165, 1.54) is 0 Å². The van der Waals surface area contributed by atoms with Crippen molar-refractivity contribution < 1.29 is 20.4 Å². The van der Waals surface area contributed by atoms with Gasteiger partial charge in [-0.25, -0.2) is 0 Å². The Balaban J connectivity index is 1.57. The van der Waals surface area contributed by atoms with Crippen molar-refractivity contribution in [2.75, 3.05) is 0 Å². The van der Waals surface area contributed by atoms with Crippen LogP contribution in [0.15, 0.2) is 140 Å². The third kappa shape index (κ3) is 4.95. The van der Waals surface area contributed by atoms with Crippen LogP contribution in [0.4, 0.5) is 0 Å². The Labute approximate surface area is 245 Å². The van der Waals surface area contributed by atoms with Gasteiger partial charge >= 0.3 is 0 Å². The minimum atomic E-state index is -0.969. The molecule has 0 aliphatic carbocycles. The molecule has 0 aliphatic rings. The minimum absolute atomic E-state index is 0.0987. The molecule has 206 valence electrons. The summed E-state index contributed by atoms with van der Waals surface area (Å²) < 4.78 is 0. The number of hydrogen-bond acceptors (Lipinski definition) is 4. The van der Waals surface area contributed by atoms with Gasteiger partial charge in [0.15, 0.2) is 0 Å². The Morgan fingerprint density at radius 3 is 1.19 bits per heavy atom. The van der Waals surface area contributed by atoms with Crippen molar-refractivity contribution in [2.24, 2.45) is 0 Å². The molecule has 6 rings (SSSR count). The van der Waals surface area contributed by atoms with E-state index < -0.39 is 5.41 Å². The highest BCUT2D eigenvalue weighted by atomic mass is 16.3. The van der Waals surface area contributed by atoms with E-state index in [0.29, 0.717) is 11.1 Å². The first-order valence-corrected chi connectivity index (χ1v) is 13.7. The lowest BCUT2D eigenvalue weighted by Gasteiger charge is -2.34. The molecule has 0 atom stereocenters. The van der Waals surface area contributed by atoms with Gasteiger partial charge in [-0.3, -0.25) is 0 Å². The van der Waals surface area contributed by atoms with Crippen LogP contribution in [0.2, 0.25) is 0 Å². The number of benzene rings is 6. The highest BCUT2D eigenvalue weighted by Gasteiger charge is 2.36. The molecule has 0 fully saturated rings. The number of phenols is 4. The summed E-state index contributed by atoms with van der Waals surface area (Å²) in [7, 11) is 0. The maximum absolute atomic E-state index is 11.4. The van der Waals surface area contributed by atoms with Crippen molar-refractivity contribution in [3.05, 3.63) is 156 Å². The van der Waals surface area contributed by atoms with E-state index in [9.17, 15) is 20.4 Å². The Morgan fingerprint density at radius 1 is 0.381 bits per heavy atom. The van der Waals surface area contributed by atoms with E-state index in [0.717, 1.165) is 38.9 Å². The molecular formula is C38H30O4. The van der Waals surface area contributed by atoms with Crippen molar-refractivity contribution >= 4 is 0 Å². The van der Waals surface area contributed by atoms with E-state index in [2.05, 4.69) is 24.3 Å². The molecule has 0 radical (unpaired) electrons. The first-order chi connectivity index (χ1) is 20.3. The zero-order chi connectivity index (χ0) is 29.3. The Hall–Kier alpha value is -5.48. The first-order valence-electron chi connectivity index (χ1n) is 13.7. The molecule has 0 saturated heterocycles. The van der Waals surface area contributed by atoms with Crippen LogP contribution in [0.1, 0.15) is 23.6 Å². The second-order valence-corrected chi connectivity index (χ2v) is 10.6. The van der Waals surface area contributed by atoms with Gasteiger partial charge in [0.2, 0.25) is 0 Å². The van der Waals surface area contributed by atoms with Crippen LogP contribution in [-0.2, 0) is 5.41 Å². The molecule has 42 heavy (non-hydrogen) atoms. The summed E-state index contributed by atoms with van der Waals surface area (Å²) in [6.45, 7) is 2.01. The van der Waals surface area contributed by atoms with Crippen LogP contribution in [0.25, 0.3) is 33.4 Å². The third-order valence-electron chi connectivity index (χ3n) is 8.04. The average Bonchev–Trinajstić information content (AvgIpc) is 3.02. The molecule has 0 bridgehead atoms. The lowest BCUT2D eigenvalue weighted by atomic mass is 9.69. The summed E-state index contributed by atoms with van der Waals surface area (Å²) in [6, 6.07) is 43.1. The number of hydrogen-bond donors (Lipinski definition) is 4. The topological polar surface area (TPSA) is 80.9 Å². The highest BCUT2D eigenvalue weighted by molar-refractivity contribution is 5.73. The van der Waals surface area contributed by atoms with Gasteiger partial charge in [0.05, 0.1) is 0 Å². The van der Waals surface area contributed by atoms with Gasteiger partial charge in [0.25, 0.3) is 0 Å². The largest absolute Gasteiger partial charge is 0.508 e. The lowest BCUT2D eigenvalue weighted by Crippen LogP contribution is -2.26. The maximum Gasteiger partial charge on any atom is 0.120 e. The molecule has 0 aliphatic heterocycles. The number of phenolic OH excluding ortho intramolecular Hbond substituents is 4.